The predicted octanol–water partition coefficient (Wildman–Crippen LogP) is 6.14. The highest BCUT2D eigenvalue weighted by Crippen LogP contribution is 2.50. The van der Waals surface area contributed by atoms with E-state index >= 15 is 0 Å². The Morgan fingerprint density at radius 2 is 1.41 bits per heavy atom. The van der Waals surface area contributed by atoms with Crippen LogP contribution in [0.4, 0.5) is 5.69 Å². The molecule has 3 aromatic rings. The Kier molecular flexibility index (Phi) is 4.63. The summed E-state index contributed by atoms with van der Waals surface area (Å²) in [7, 11) is 0. The maximum absolute atomic E-state index is 13.7. The molecular weight excluding hydrogens is 458 g/mol. The summed E-state index contributed by atoms with van der Waals surface area (Å²) >= 11 is 0. The average molecular weight is 486 g/mol. The summed E-state index contributed by atoms with van der Waals surface area (Å²) in [4.78, 5) is 43.2. The highest BCUT2D eigenvalue weighted by Gasteiger charge is 2.46. The molecule has 0 N–H and O–H groups in total. The Balaban J connectivity index is 1.36. The van der Waals surface area contributed by atoms with Gasteiger partial charge in [-0.15, -0.1) is 0 Å². The van der Waals surface area contributed by atoms with E-state index in [0.29, 0.717) is 39.8 Å². The minimum absolute atomic E-state index is 0.0935. The summed E-state index contributed by atoms with van der Waals surface area (Å²) in [5.41, 5.74) is 7.21. The van der Waals surface area contributed by atoms with Crippen LogP contribution >= 0.6 is 0 Å². The van der Waals surface area contributed by atoms with Gasteiger partial charge in [-0.25, -0.2) is 0 Å². The van der Waals surface area contributed by atoms with Crippen LogP contribution in [0.5, 0.6) is 0 Å². The first-order chi connectivity index (χ1) is 17.9. The van der Waals surface area contributed by atoms with Gasteiger partial charge in [0.15, 0.2) is 17.3 Å². The van der Waals surface area contributed by atoms with Crippen molar-refractivity contribution in [1.29, 1.82) is 0 Å². The molecule has 0 amide bonds. The summed E-state index contributed by atoms with van der Waals surface area (Å²) < 4.78 is 0. The van der Waals surface area contributed by atoms with Crippen molar-refractivity contribution in [3.05, 3.63) is 117 Å². The number of benzene rings is 3. The van der Waals surface area contributed by atoms with Crippen molar-refractivity contribution in [3.63, 3.8) is 0 Å². The number of allylic oxidation sites excluding steroid dienone is 3. The van der Waals surface area contributed by atoms with E-state index in [4.69, 9.17) is 0 Å². The molecule has 2 aliphatic heterocycles. The normalized spacial score (nSPS) is 22.1. The molecule has 1 unspecified atom stereocenters. The van der Waals surface area contributed by atoms with E-state index in [1.807, 2.05) is 24.3 Å². The van der Waals surface area contributed by atoms with Gasteiger partial charge in [0, 0.05) is 51.5 Å². The van der Waals surface area contributed by atoms with Crippen LogP contribution in [-0.2, 0) is 11.8 Å². The summed E-state index contributed by atoms with van der Waals surface area (Å²) in [5.74, 6) is -0.692. The number of hydrogen-bond donors (Lipinski definition) is 0. The lowest BCUT2D eigenvalue weighted by molar-refractivity contribution is 0.0989. The summed E-state index contributed by atoms with van der Waals surface area (Å²) in [6, 6.07) is 21.1. The van der Waals surface area contributed by atoms with Gasteiger partial charge in [0.2, 0.25) is 0 Å². The molecule has 4 nitrogen and oxygen atoms in total. The number of carbonyl (C=O) groups is 3. The fourth-order valence-electron chi connectivity index (χ4n) is 6.98. The number of carbonyl (C=O) groups excluding carboxylic acids is 3. The summed E-state index contributed by atoms with van der Waals surface area (Å²) in [5, 5.41) is 0. The quantitative estimate of drug-likeness (QED) is 0.323. The summed E-state index contributed by atoms with van der Waals surface area (Å²) in [6.45, 7) is 5.57. The van der Waals surface area contributed by atoms with Gasteiger partial charge in [-0.2, -0.15) is 0 Å². The maximum atomic E-state index is 13.7. The van der Waals surface area contributed by atoms with Crippen molar-refractivity contribution in [3.8, 4) is 0 Å². The second kappa shape index (κ2) is 7.72. The lowest BCUT2D eigenvalue weighted by atomic mass is 9.78. The molecule has 7 rings (SSSR count). The van der Waals surface area contributed by atoms with Gasteiger partial charge >= 0.3 is 0 Å². The van der Waals surface area contributed by atoms with Crippen molar-refractivity contribution >= 4 is 28.6 Å². The van der Waals surface area contributed by atoms with Gasteiger partial charge in [0.25, 0.3) is 0 Å². The molecule has 0 saturated heterocycles. The Morgan fingerprint density at radius 1 is 0.784 bits per heavy atom. The molecule has 182 valence electrons. The van der Waals surface area contributed by atoms with E-state index in [-0.39, 0.29) is 34.4 Å². The van der Waals surface area contributed by atoms with Gasteiger partial charge in [-0.1, -0.05) is 86.7 Å². The second-order valence-electron chi connectivity index (χ2n) is 11.0. The van der Waals surface area contributed by atoms with Crippen LogP contribution in [0.3, 0.4) is 0 Å². The molecule has 1 atom stereocenters. The van der Waals surface area contributed by atoms with Crippen LogP contribution in [0.2, 0.25) is 0 Å². The molecule has 0 saturated carbocycles. The van der Waals surface area contributed by atoms with Crippen LogP contribution < -0.4 is 4.90 Å². The zero-order valence-electron chi connectivity index (χ0n) is 21.0. The summed E-state index contributed by atoms with van der Waals surface area (Å²) in [6.07, 6.45) is 4.86. The van der Waals surface area contributed by atoms with Crippen molar-refractivity contribution < 1.29 is 14.4 Å². The number of ketones is 3. The first kappa shape index (κ1) is 22.2. The molecule has 4 aliphatic rings. The maximum Gasteiger partial charge on any atom is 0.198 e. The smallest absolute Gasteiger partial charge is 0.198 e. The van der Waals surface area contributed by atoms with Crippen LogP contribution in [-0.4, -0.2) is 29.9 Å². The highest BCUT2D eigenvalue weighted by atomic mass is 16.2. The minimum atomic E-state index is -0.291. The van der Waals surface area contributed by atoms with E-state index < -0.39 is 0 Å². The number of nitrogens with zero attached hydrogens (tertiary/aromatic N) is 1. The van der Waals surface area contributed by atoms with Crippen LogP contribution in [0.25, 0.3) is 5.57 Å². The minimum Gasteiger partial charge on any atom is -0.367 e. The van der Waals surface area contributed by atoms with Gasteiger partial charge in [0.05, 0.1) is 5.57 Å². The SMILES string of the molecule is CC1(C)c2cccc3c2N(CCC3)C1C/C=C1\C(=O)c2ccccc2C1=C1C(=O)c2ccccc2C1=O. The number of rotatable bonds is 2. The molecule has 2 heterocycles. The molecule has 0 fully saturated rings. The molecule has 37 heavy (non-hydrogen) atoms. The third-order valence-electron chi connectivity index (χ3n) is 8.78. The van der Waals surface area contributed by atoms with Gasteiger partial charge < -0.3 is 4.90 Å². The zero-order chi connectivity index (χ0) is 25.5. The van der Waals surface area contributed by atoms with E-state index in [1.165, 1.54) is 16.8 Å². The van der Waals surface area contributed by atoms with E-state index in [9.17, 15) is 14.4 Å². The first-order valence-electron chi connectivity index (χ1n) is 13.1. The Hall–Kier alpha value is -4.05. The third-order valence-corrected chi connectivity index (χ3v) is 8.78. The largest absolute Gasteiger partial charge is 0.367 e. The molecule has 0 spiro atoms. The van der Waals surface area contributed by atoms with Gasteiger partial charge in [-0.05, 0) is 36.0 Å². The van der Waals surface area contributed by atoms with Crippen molar-refractivity contribution in [2.24, 2.45) is 0 Å². The average Bonchev–Trinajstić information content (AvgIpc) is 3.42. The van der Waals surface area contributed by atoms with E-state index in [0.717, 1.165) is 19.4 Å². The molecular formula is C33H27NO3. The number of fused-ring (bicyclic) bond motifs is 2. The fraction of sp³-hybridized carbons (Fsp3) is 0.242. The second-order valence-corrected chi connectivity index (χ2v) is 11.0. The number of aryl methyl sites for hydroxylation is 1. The van der Waals surface area contributed by atoms with E-state index in [1.54, 1.807) is 30.3 Å². The van der Waals surface area contributed by atoms with Gasteiger partial charge in [-0.3, -0.25) is 14.4 Å². The van der Waals surface area contributed by atoms with Crippen LogP contribution in [0.15, 0.2) is 84.0 Å². The Bertz CT molecular complexity index is 1580. The molecule has 4 heteroatoms. The molecule has 0 radical (unpaired) electrons. The number of anilines is 1. The lowest BCUT2D eigenvalue weighted by Gasteiger charge is -2.36. The first-order valence-corrected chi connectivity index (χ1v) is 13.1. The number of Topliss-reactive ketones (excluding diaryl/α,β-unsaturated/α-hetero) is 3. The van der Waals surface area contributed by atoms with Gasteiger partial charge in [0.1, 0.15) is 0 Å². The van der Waals surface area contributed by atoms with Crippen LogP contribution in [0, 0.1) is 0 Å². The van der Waals surface area contributed by atoms with E-state index in [2.05, 4.69) is 36.9 Å². The molecule has 0 bridgehead atoms. The standard InChI is InChI=1S/C33H27NO3/c1-33(2)25-15-7-9-19-10-8-18-34(29(19)25)26(33)17-16-24-27(20-11-3-4-12-21(20)30(24)35)28-31(36)22-13-5-6-14-23(22)32(28)37/h3-7,9,11-16,26H,8,10,17-18H2,1-2H3/b24-16-. The van der Waals surface area contributed by atoms with Crippen molar-refractivity contribution in [1.82, 2.24) is 0 Å². The molecule has 0 aromatic heterocycles. The third kappa shape index (κ3) is 2.93. The fourth-order valence-corrected chi connectivity index (χ4v) is 6.98. The Labute approximate surface area is 216 Å². The molecule has 2 aliphatic carbocycles. The number of hydrogen-bond acceptors (Lipinski definition) is 4. The highest BCUT2D eigenvalue weighted by molar-refractivity contribution is 6.46. The Morgan fingerprint density at radius 3 is 2.08 bits per heavy atom. The number of para-hydroxylation sites is 1. The van der Waals surface area contributed by atoms with Crippen molar-refractivity contribution in [2.75, 3.05) is 11.4 Å². The molecule has 3 aromatic carbocycles. The van der Waals surface area contributed by atoms with Crippen molar-refractivity contribution in [2.45, 2.75) is 44.6 Å². The lowest BCUT2D eigenvalue weighted by Crippen LogP contribution is -2.42. The van der Waals surface area contributed by atoms with Crippen LogP contribution in [0.1, 0.15) is 74.5 Å². The zero-order valence-corrected chi connectivity index (χ0v) is 21.0. The predicted molar refractivity (Wildman–Crippen MR) is 144 cm³/mol. The monoisotopic (exact) mass is 485 g/mol. The topological polar surface area (TPSA) is 54.5 Å².